The molecule has 0 saturated heterocycles. The highest BCUT2D eigenvalue weighted by Crippen LogP contribution is 2.36. The highest BCUT2D eigenvalue weighted by Gasteiger charge is 2.31. The summed E-state index contributed by atoms with van der Waals surface area (Å²) in [5.74, 6) is -2.74. The second-order valence-corrected chi connectivity index (χ2v) is 9.43. The van der Waals surface area contributed by atoms with E-state index in [4.69, 9.17) is 11.6 Å². The fraction of sp³-hybridized carbons (Fsp3) is 0.143. The molecular weight excluding hydrogens is 555 g/mol. The van der Waals surface area contributed by atoms with Gasteiger partial charge in [0, 0.05) is 22.5 Å². The van der Waals surface area contributed by atoms with Crippen LogP contribution in [0.25, 0.3) is 0 Å². The van der Waals surface area contributed by atoms with Gasteiger partial charge in [0.2, 0.25) is 5.96 Å². The molecule has 41 heavy (non-hydrogen) atoms. The fourth-order valence-electron chi connectivity index (χ4n) is 4.08. The number of carbonyl (C=O) groups excluding carboxylic acids is 1. The Labute approximate surface area is 238 Å². The number of hydrogen-bond acceptors (Lipinski definition) is 7. The number of nitrogens with zero attached hydrogens (tertiary/aromatic N) is 3. The number of nitrogens with one attached hydrogen (secondary N) is 3. The van der Waals surface area contributed by atoms with Gasteiger partial charge in [0.25, 0.3) is 5.91 Å². The Morgan fingerprint density at radius 2 is 1.71 bits per heavy atom. The van der Waals surface area contributed by atoms with Gasteiger partial charge in [-0.3, -0.25) is 4.79 Å². The molecule has 0 bridgehead atoms. The minimum Gasteiger partial charge on any atom is -0.478 e. The van der Waals surface area contributed by atoms with Gasteiger partial charge in [0.1, 0.15) is 23.5 Å². The summed E-state index contributed by atoms with van der Waals surface area (Å²) in [7, 11) is 0. The SMILES string of the molecule is CC1=C(C(=O)Nc2cc(C(=O)O)ccn2)C(c2ccc(C(=O)O)cc2Cl)N=C(N/C(C)=N/c2ccc(F)cc2C)N1. The monoisotopic (exact) mass is 578 g/mol. The average molecular weight is 579 g/mol. The van der Waals surface area contributed by atoms with E-state index in [2.05, 4.69) is 30.9 Å². The number of aliphatic imine (C=N–C) groups is 2. The first-order valence-corrected chi connectivity index (χ1v) is 12.5. The van der Waals surface area contributed by atoms with Crippen LogP contribution in [0.5, 0.6) is 0 Å². The van der Waals surface area contributed by atoms with Crippen molar-refractivity contribution in [3.05, 3.63) is 99.1 Å². The Balaban J connectivity index is 1.71. The summed E-state index contributed by atoms with van der Waals surface area (Å²) in [4.78, 5) is 49.4. The number of carboxylic acid groups (broad SMARTS) is 2. The summed E-state index contributed by atoms with van der Waals surface area (Å²) < 4.78 is 13.5. The quantitative estimate of drug-likeness (QED) is 0.205. The van der Waals surface area contributed by atoms with Gasteiger partial charge in [-0.25, -0.2) is 28.9 Å². The first-order chi connectivity index (χ1) is 19.4. The number of aromatic carboxylic acids is 2. The Morgan fingerprint density at radius 1 is 1.00 bits per heavy atom. The number of hydrogen-bond donors (Lipinski definition) is 5. The molecule has 0 fully saturated rings. The van der Waals surface area contributed by atoms with E-state index in [9.17, 15) is 29.0 Å². The topological polar surface area (TPSA) is 165 Å². The van der Waals surface area contributed by atoms with Crippen molar-refractivity contribution in [1.29, 1.82) is 0 Å². The molecule has 0 saturated carbocycles. The van der Waals surface area contributed by atoms with E-state index in [-0.39, 0.29) is 39.3 Å². The van der Waals surface area contributed by atoms with E-state index in [1.165, 1.54) is 48.7 Å². The zero-order chi connectivity index (χ0) is 29.8. The van der Waals surface area contributed by atoms with E-state index in [1.54, 1.807) is 26.8 Å². The Bertz CT molecular complexity index is 1670. The molecule has 3 aromatic rings. The van der Waals surface area contributed by atoms with Crippen LogP contribution >= 0.6 is 11.6 Å². The molecule has 1 aliphatic rings. The van der Waals surface area contributed by atoms with E-state index in [1.807, 2.05) is 0 Å². The van der Waals surface area contributed by atoms with Crippen LogP contribution in [-0.2, 0) is 4.79 Å². The summed E-state index contributed by atoms with van der Waals surface area (Å²) >= 11 is 6.47. The van der Waals surface area contributed by atoms with Gasteiger partial charge < -0.3 is 26.2 Å². The molecule has 11 nitrogen and oxygen atoms in total. The van der Waals surface area contributed by atoms with Gasteiger partial charge >= 0.3 is 11.9 Å². The largest absolute Gasteiger partial charge is 0.478 e. The molecule has 2 heterocycles. The second kappa shape index (κ2) is 12.0. The number of amides is 1. The summed E-state index contributed by atoms with van der Waals surface area (Å²) in [5.41, 5.74) is 1.91. The van der Waals surface area contributed by atoms with E-state index >= 15 is 0 Å². The molecule has 0 aliphatic carbocycles. The molecule has 210 valence electrons. The number of halogens is 2. The number of carbonyl (C=O) groups is 3. The van der Waals surface area contributed by atoms with Crippen LogP contribution in [-0.4, -0.2) is 44.8 Å². The van der Waals surface area contributed by atoms with Crippen LogP contribution in [0.4, 0.5) is 15.9 Å². The average Bonchev–Trinajstić information content (AvgIpc) is 2.89. The predicted molar refractivity (Wildman–Crippen MR) is 151 cm³/mol. The van der Waals surface area contributed by atoms with E-state index in [0.29, 0.717) is 28.3 Å². The molecule has 2 aromatic carbocycles. The number of aryl methyl sites for hydroxylation is 1. The Morgan fingerprint density at radius 3 is 2.37 bits per heavy atom. The van der Waals surface area contributed by atoms with Crippen molar-refractivity contribution in [1.82, 2.24) is 15.6 Å². The van der Waals surface area contributed by atoms with Crippen LogP contribution < -0.4 is 16.0 Å². The van der Waals surface area contributed by atoms with Crippen molar-refractivity contribution in [2.24, 2.45) is 9.98 Å². The van der Waals surface area contributed by atoms with Crippen LogP contribution in [0, 0.1) is 12.7 Å². The Kier molecular flexibility index (Phi) is 8.43. The van der Waals surface area contributed by atoms with Crippen LogP contribution in [0.3, 0.4) is 0 Å². The molecule has 5 N–H and O–H groups in total. The number of amidine groups is 1. The number of carboxylic acids is 2. The normalized spacial score (nSPS) is 15.1. The number of pyridine rings is 1. The maximum atomic E-state index is 13.5. The third-order valence-electron chi connectivity index (χ3n) is 6.02. The van der Waals surface area contributed by atoms with Crippen LogP contribution in [0.15, 0.2) is 76.0 Å². The predicted octanol–water partition coefficient (Wildman–Crippen LogP) is 4.83. The molecule has 1 amide bonds. The van der Waals surface area contributed by atoms with Crippen molar-refractivity contribution in [2.45, 2.75) is 26.8 Å². The minimum absolute atomic E-state index is 0.00631. The smallest absolute Gasteiger partial charge is 0.335 e. The molecule has 1 atom stereocenters. The third kappa shape index (κ3) is 6.73. The standard InChI is InChI=1S/C28H24ClFN6O5/c1-13-10-18(30)5-7-21(13)33-15(3)34-28-32-14(2)23(25(37)35-22-12-17(27(40)41)8-9-31-22)24(36-28)19-6-4-16(26(38)39)11-20(19)29/h4-12,24H,1-3H3,(H,38,39)(H,40,41)(H,31,35,37)(H2,32,33,34,36). The lowest BCUT2D eigenvalue weighted by atomic mass is 9.94. The maximum absolute atomic E-state index is 13.5. The molecule has 0 spiro atoms. The highest BCUT2D eigenvalue weighted by atomic mass is 35.5. The molecule has 13 heteroatoms. The fourth-order valence-corrected chi connectivity index (χ4v) is 4.36. The lowest BCUT2D eigenvalue weighted by Crippen LogP contribution is -2.43. The van der Waals surface area contributed by atoms with E-state index in [0.717, 1.165) is 0 Å². The molecule has 1 aromatic heterocycles. The lowest BCUT2D eigenvalue weighted by Gasteiger charge is -2.27. The van der Waals surface area contributed by atoms with Gasteiger partial charge in [-0.2, -0.15) is 0 Å². The molecular formula is C28H24ClFN6O5. The van der Waals surface area contributed by atoms with Gasteiger partial charge in [-0.15, -0.1) is 0 Å². The highest BCUT2D eigenvalue weighted by molar-refractivity contribution is 6.32. The van der Waals surface area contributed by atoms with Crippen molar-refractivity contribution in [3.8, 4) is 0 Å². The zero-order valence-corrected chi connectivity index (χ0v) is 22.7. The van der Waals surface area contributed by atoms with Gasteiger partial charge in [0.15, 0.2) is 0 Å². The number of allylic oxidation sites excluding steroid dienone is 1. The summed E-state index contributed by atoms with van der Waals surface area (Å²) in [6, 6.07) is 9.78. The van der Waals surface area contributed by atoms with Gasteiger partial charge in [0.05, 0.1) is 22.4 Å². The lowest BCUT2D eigenvalue weighted by molar-refractivity contribution is -0.113. The molecule has 1 unspecified atom stereocenters. The molecule has 0 radical (unpaired) electrons. The van der Waals surface area contributed by atoms with Crippen LogP contribution in [0.2, 0.25) is 5.02 Å². The summed E-state index contributed by atoms with van der Waals surface area (Å²) in [5, 5.41) is 27.3. The first-order valence-electron chi connectivity index (χ1n) is 12.1. The van der Waals surface area contributed by atoms with Crippen molar-refractivity contribution >= 4 is 52.7 Å². The zero-order valence-electron chi connectivity index (χ0n) is 22.0. The van der Waals surface area contributed by atoms with Gasteiger partial charge in [-0.05, 0) is 68.8 Å². The van der Waals surface area contributed by atoms with E-state index < -0.39 is 23.9 Å². The third-order valence-corrected chi connectivity index (χ3v) is 6.35. The maximum Gasteiger partial charge on any atom is 0.335 e. The summed E-state index contributed by atoms with van der Waals surface area (Å²) in [6.45, 7) is 5.04. The number of benzene rings is 2. The number of anilines is 1. The number of rotatable bonds is 6. The second-order valence-electron chi connectivity index (χ2n) is 9.03. The molecule has 4 rings (SSSR count). The minimum atomic E-state index is -1.19. The first kappa shape index (κ1) is 28.9. The summed E-state index contributed by atoms with van der Waals surface area (Å²) in [6.07, 6.45) is 1.25. The number of aromatic nitrogens is 1. The Hall–Kier alpha value is -5.10. The van der Waals surface area contributed by atoms with Crippen molar-refractivity contribution in [3.63, 3.8) is 0 Å². The van der Waals surface area contributed by atoms with Crippen LogP contribution in [0.1, 0.15) is 51.7 Å². The van der Waals surface area contributed by atoms with Gasteiger partial charge in [-0.1, -0.05) is 17.7 Å². The van der Waals surface area contributed by atoms with Crippen molar-refractivity contribution < 1.29 is 29.0 Å². The number of guanidine groups is 1. The van der Waals surface area contributed by atoms with Crippen molar-refractivity contribution in [2.75, 3.05) is 5.32 Å². The molecule has 1 aliphatic heterocycles.